The van der Waals surface area contributed by atoms with Crippen LogP contribution < -0.4 is 14.8 Å². The number of ether oxygens (including phenoxy) is 2. The third-order valence-electron chi connectivity index (χ3n) is 5.04. The van der Waals surface area contributed by atoms with Gasteiger partial charge in [-0.15, -0.1) is 10.2 Å². The Morgan fingerprint density at radius 1 is 1.32 bits per heavy atom. The van der Waals surface area contributed by atoms with Crippen molar-refractivity contribution in [2.45, 2.75) is 30.8 Å². The predicted molar refractivity (Wildman–Crippen MR) is 107 cm³/mol. The van der Waals surface area contributed by atoms with Crippen LogP contribution in [-0.2, 0) is 11.8 Å². The molecule has 1 atom stereocenters. The minimum absolute atomic E-state index is 0.0280. The van der Waals surface area contributed by atoms with Crippen molar-refractivity contribution in [1.82, 2.24) is 19.7 Å². The van der Waals surface area contributed by atoms with E-state index in [-0.39, 0.29) is 12.7 Å². The van der Waals surface area contributed by atoms with Gasteiger partial charge < -0.3 is 19.4 Å². The van der Waals surface area contributed by atoms with Crippen LogP contribution in [0.25, 0.3) is 0 Å². The normalized spacial score (nSPS) is 19.0. The number of benzene rings is 1. The number of amides is 1. The molecule has 150 valence electrons. The molecule has 4 rings (SSSR count). The second-order valence-electron chi connectivity index (χ2n) is 7.02. The van der Waals surface area contributed by atoms with Crippen LogP contribution in [0.15, 0.2) is 23.4 Å². The maximum absolute atomic E-state index is 12.5. The average Bonchev–Trinajstić information content (AvgIpc) is 3.29. The van der Waals surface area contributed by atoms with Gasteiger partial charge in [0, 0.05) is 31.3 Å². The van der Waals surface area contributed by atoms with Crippen molar-refractivity contribution in [3.8, 4) is 11.5 Å². The van der Waals surface area contributed by atoms with Gasteiger partial charge in [0.15, 0.2) is 16.7 Å². The van der Waals surface area contributed by atoms with E-state index in [1.165, 1.54) is 0 Å². The van der Waals surface area contributed by atoms with E-state index in [0.29, 0.717) is 24.0 Å². The molecule has 2 aromatic rings. The minimum Gasteiger partial charge on any atom is -0.454 e. The van der Waals surface area contributed by atoms with E-state index in [1.807, 2.05) is 19.2 Å². The molecule has 1 amide bonds. The third kappa shape index (κ3) is 4.10. The number of nitrogens with zero attached hydrogens (tertiary/aromatic N) is 4. The predicted octanol–water partition coefficient (Wildman–Crippen LogP) is 2.47. The Bertz CT molecular complexity index is 856. The van der Waals surface area contributed by atoms with E-state index < -0.39 is 0 Å². The summed E-state index contributed by atoms with van der Waals surface area (Å²) < 4.78 is 12.8. The van der Waals surface area contributed by atoms with E-state index in [2.05, 4.69) is 31.9 Å². The summed E-state index contributed by atoms with van der Waals surface area (Å²) in [7, 11) is 2.03. The number of nitrogens with one attached hydrogen (secondary N) is 1. The van der Waals surface area contributed by atoms with Crippen LogP contribution in [0.5, 0.6) is 11.5 Å². The van der Waals surface area contributed by atoms with Crippen molar-refractivity contribution >= 4 is 23.4 Å². The largest absolute Gasteiger partial charge is 0.454 e. The Morgan fingerprint density at radius 3 is 3.04 bits per heavy atom. The number of carbonyl (C=O) groups is 1. The number of anilines is 1. The maximum Gasteiger partial charge on any atom is 0.238 e. The fourth-order valence-electron chi connectivity index (χ4n) is 3.72. The molecular formula is C19H25N5O3S. The van der Waals surface area contributed by atoms with Gasteiger partial charge in [0.25, 0.3) is 0 Å². The van der Waals surface area contributed by atoms with Gasteiger partial charge in [-0.3, -0.25) is 9.69 Å². The summed E-state index contributed by atoms with van der Waals surface area (Å²) in [6, 6.07) is 5.44. The van der Waals surface area contributed by atoms with E-state index in [4.69, 9.17) is 9.47 Å². The van der Waals surface area contributed by atoms with Gasteiger partial charge >= 0.3 is 0 Å². The van der Waals surface area contributed by atoms with Crippen molar-refractivity contribution in [2.75, 3.05) is 37.5 Å². The minimum atomic E-state index is -0.0280. The number of aromatic nitrogens is 3. The molecule has 0 bridgehead atoms. The highest BCUT2D eigenvalue weighted by molar-refractivity contribution is 7.99. The number of hydrogen-bond donors (Lipinski definition) is 1. The molecule has 2 aliphatic heterocycles. The van der Waals surface area contributed by atoms with Gasteiger partial charge in [-0.1, -0.05) is 18.7 Å². The molecule has 28 heavy (non-hydrogen) atoms. The summed E-state index contributed by atoms with van der Waals surface area (Å²) in [4.78, 5) is 14.7. The molecule has 1 saturated heterocycles. The number of thioether (sulfide) groups is 1. The average molecular weight is 404 g/mol. The first kappa shape index (κ1) is 19.1. The van der Waals surface area contributed by atoms with E-state index in [1.54, 1.807) is 17.8 Å². The summed E-state index contributed by atoms with van der Waals surface area (Å²) in [5.41, 5.74) is 0.720. The van der Waals surface area contributed by atoms with Crippen LogP contribution in [-0.4, -0.2) is 57.8 Å². The van der Waals surface area contributed by atoms with Crippen LogP contribution in [0.2, 0.25) is 0 Å². The van der Waals surface area contributed by atoms with Crippen LogP contribution in [0, 0.1) is 0 Å². The highest BCUT2D eigenvalue weighted by atomic mass is 32.2. The first-order valence-electron chi connectivity index (χ1n) is 9.58. The van der Waals surface area contributed by atoms with E-state index in [0.717, 1.165) is 48.4 Å². The van der Waals surface area contributed by atoms with Crippen molar-refractivity contribution < 1.29 is 14.3 Å². The van der Waals surface area contributed by atoms with Crippen molar-refractivity contribution in [3.05, 3.63) is 24.0 Å². The first-order chi connectivity index (χ1) is 13.6. The highest BCUT2D eigenvalue weighted by Crippen LogP contribution is 2.34. The molecule has 1 aromatic heterocycles. The standard InChI is InChI=1S/C19H25N5O3S/c1-3-28-19-22-21-18(23(19)2)13-5-4-8-24(10-13)11-17(25)20-14-6-7-15-16(9-14)27-12-26-15/h6-7,9,13H,3-5,8,10-12H2,1-2H3,(H,20,25)/t13-/m1/s1. The van der Waals surface area contributed by atoms with Gasteiger partial charge in [0.05, 0.1) is 6.54 Å². The van der Waals surface area contributed by atoms with Gasteiger partial charge in [-0.25, -0.2) is 0 Å². The van der Waals surface area contributed by atoms with Crippen molar-refractivity contribution in [1.29, 1.82) is 0 Å². The van der Waals surface area contributed by atoms with Gasteiger partial charge in [-0.2, -0.15) is 0 Å². The summed E-state index contributed by atoms with van der Waals surface area (Å²) in [5, 5.41) is 12.6. The second kappa shape index (κ2) is 8.40. The molecule has 0 spiro atoms. The zero-order chi connectivity index (χ0) is 19.5. The molecular weight excluding hydrogens is 378 g/mol. The summed E-state index contributed by atoms with van der Waals surface area (Å²) in [6.45, 7) is 4.43. The summed E-state index contributed by atoms with van der Waals surface area (Å²) in [5.74, 6) is 3.63. The molecule has 8 nitrogen and oxygen atoms in total. The Hall–Kier alpha value is -2.26. The van der Waals surface area contributed by atoms with Crippen LogP contribution in [0.3, 0.4) is 0 Å². The molecule has 2 aliphatic rings. The van der Waals surface area contributed by atoms with Crippen molar-refractivity contribution in [3.63, 3.8) is 0 Å². The quantitative estimate of drug-likeness (QED) is 0.742. The van der Waals surface area contributed by atoms with Crippen LogP contribution in [0.1, 0.15) is 31.5 Å². The van der Waals surface area contributed by atoms with Crippen LogP contribution >= 0.6 is 11.8 Å². The molecule has 0 unspecified atom stereocenters. The third-order valence-corrected chi connectivity index (χ3v) is 5.94. The zero-order valence-electron chi connectivity index (χ0n) is 16.2. The second-order valence-corrected chi connectivity index (χ2v) is 8.25. The lowest BCUT2D eigenvalue weighted by atomic mass is 9.97. The summed E-state index contributed by atoms with van der Waals surface area (Å²) in [6.07, 6.45) is 2.12. The van der Waals surface area contributed by atoms with Crippen LogP contribution in [0.4, 0.5) is 5.69 Å². The smallest absolute Gasteiger partial charge is 0.238 e. The first-order valence-corrected chi connectivity index (χ1v) is 10.6. The van der Waals surface area contributed by atoms with Crippen molar-refractivity contribution in [2.24, 2.45) is 7.05 Å². The number of hydrogen-bond acceptors (Lipinski definition) is 7. The topological polar surface area (TPSA) is 81.5 Å². The molecule has 9 heteroatoms. The van der Waals surface area contributed by atoms with E-state index in [9.17, 15) is 4.79 Å². The lowest BCUT2D eigenvalue weighted by molar-refractivity contribution is -0.117. The maximum atomic E-state index is 12.5. The SMILES string of the molecule is CCSc1nnc([C@@H]2CCCN(CC(=O)Nc3ccc4c(c3)OCO4)C2)n1C. The Kier molecular flexibility index (Phi) is 5.72. The Labute approximate surface area is 168 Å². The van der Waals surface area contributed by atoms with Gasteiger partial charge in [0.1, 0.15) is 5.82 Å². The van der Waals surface area contributed by atoms with Gasteiger partial charge in [0.2, 0.25) is 12.7 Å². The lowest BCUT2D eigenvalue weighted by Gasteiger charge is -2.31. The molecule has 1 aromatic carbocycles. The number of rotatable bonds is 6. The number of carbonyl (C=O) groups excluding carboxylic acids is 1. The molecule has 1 N–H and O–H groups in total. The zero-order valence-corrected chi connectivity index (χ0v) is 17.0. The number of piperidine rings is 1. The van der Waals surface area contributed by atoms with Gasteiger partial charge in [-0.05, 0) is 37.3 Å². The fraction of sp³-hybridized carbons (Fsp3) is 0.526. The fourth-order valence-corrected chi connectivity index (χ4v) is 4.37. The molecule has 0 radical (unpaired) electrons. The highest BCUT2D eigenvalue weighted by Gasteiger charge is 2.27. The lowest BCUT2D eigenvalue weighted by Crippen LogP contribution is -2.40. The number of fused-ring (bicyclic) bond motifs is 1. The van der Waals surface area contributed by atoms with E-state index >= 15 is 0 Å². The number of likely N-dealkylation sites (tertiary alicyclic amines) is 1. The molecule has 0 aliphatic carbocycles. The summed E-state index contributed by atoms with van der Waals surface area (Å²) >= 11 is 1.70. The molecule has 0 saturated carbocycles. The monoisotopic (exact) mass is 403 g/mol. The Morgan fingerprint density at radius 2 is 2.18 bits per heavy atom. The Balaban J connectivity index is 1.35. The molecule has 1 fully saturated rings. The molecule has 3 heterocycles.